The molecule has 4 rings (SSSR count). The first-order valence-electron chi connectivity index (χ1n) is 8.86. The van der Waals surface area contributed by atoms with E-state index in [1.54, 1.807) is 6.20 Å². The summed E-state index contributed by atoms with van der Waals surface area (Å²) in [6.07, 6.45) is 5.60. The largest absolute Gasteiger partial charge is 0.477 e. The molecule has 0 aromatic carbocycles. The fourth-order valence-electron chi connectivity index (χ4n) is 3.45. The van der Waals surface area contributed by atoms with Gasteiger partial charge in [0.2, 0.25) is 5.88 Å². The van der Waals surface area contributed by atoms with Crippen LogP contribution in [0.4, 0.5) is 0 Å². The highest BCUT2D eigenvalue weighted by atomic mass is 16.5. The zero-order chi connectivity index (χ0) is 17.9. The molecular formula is C19H23N5O2. The fraction of sp³-hybridized carbons (Fsp3) is 0.421. The quantitative estimate of drug-likeness (QED) is 0.702. The van der Waals surface area contributed by atoms with Crippen molar-refractivity contribution < 1.29 is 9.26 Å². The molecule has 0 amide bonds. The van der Waals surface area contributed by atoms with Gasteiger partial charge in [0.25, 0.3) is 0 Å². The molecule has 0 spiro atoms. The maximum atomic E-state index is 5.92. The van der Waals surface area contributed by atoms with Crippen LogP contribution in [0.1, 0.15) is 22.7 Å². The molecule has 0 bridgehead atoms. The predicted molar refractivity (Wildman–Crippen MR) is 95.5 cm³/mol. The minimum Gasteiger partial charge on any atom is -0.477 e. The van der Waals surface area contributed by atoms with Crippen LogP contribution in [0, 0.1) is 19.8 Å². The van der Waals surface area contributed by atoms with Gasteiger partial charge in [-0.05, 0) is 19.9 Å². The van der Waals surface area contributed by atoms with E-state index in [1.807, 2.05) is 44.6 Å². The van der Waals surface area contributed by atoms with Gasteiger partial charge in [-0.25, -0.2) is 9.97 Å². The third-order valence-corrected chi connectivity index (χ3v) is 4.82. The number of ether oxygens (including phenoxy) is 1. The van der Waals surface area contributed by atoms with Gasteiger partial charge < -0.3 is 13.8 Å². The molecular weight excluding hydrogens is 330 g/mol. The second-order valence-corrected chi connectivity index (χ2v) is 6.85. The number of hydrogen-bond acceptors (Lipinski definition) is 6. The molecule has 0 radical (unpaired) electrons. The summed E-state index contributed by atoms with van der Waals surface area (Å²) < 4.78 is 13.5. The zero-order valence-corrected chi connectivity index (χ0v) is 15.1. The van der Waals surface area contributed by atoms with E-state index in [0.717, 1.165) is 37.6 Å². The monoisotopic (exact) mass is 353 g/mol. The molecule has 26 heavy (non-hydrogen) atoms. The van der Waals surface area contributed by atoms with Gasteiger partial charge in [0.15, 0.2) is 0 Å². The Morgan fingerprint density at radius 2 is 2.19 bits per heavy atom. The lowest BCUT2D eigenvalue weighted by Crippen LogP contribution is -2.31. The van der Waals surface area contributed by atoms with Crippen LogP contribution in [0.15, 0.2) is 41.4 Å². The highest BCUT2D eigenvalue weighted by molar-refractivity contribution is 5.21. The minimum absolute atomic E-state index is 0.341. The Kier molecular flexibility index (Phi) is 4.71. The molecule has 1 aliphatic rings. The van der Waals surface area contributed by atoms with Gasteiger partial charge in [-0.3, -0.25) is 4.90 Å². The van der Waals surface area contributed by atoms with Gasteiger partial charge in [0, 0.05) is 56.1 Å². The molecule has 1 atom stereocenters. The van der Waals surface area contributed by atoms with Crippen molar-refractivity contribution in [2.75, 3.05) is 13.2 Å². The van der Waals surface area contributed by atoms with Gasteiger partial charge in [-0.2, -0.15) is 0 Å². The van der Waals surface area contributed by atoms with Crippen LogP contribution >= 0.6 is 0 Å². The van der Waals surface area contributed by atoms with E-state index in [2.05, 4.69) is 24.6 Å². The second kappa shape index (κ2) is 7.29. The Hall–Kier alpha value is -2.67. The Morgan fingerprint density at radius 3 is 2.96 bits per heavy atom. The highest BCUT2D eigenvalue weighted by Crippen LogP contribution is 2.22. The SMILES string of the molecule is Cc1noc(C)c1CN1Cc2cncn2C[C@@H](COc2ccccn2)C1. The number of hydrogen-bond donors (Lipinski definition) is 0. The van der Waals surface area contributed by atoms with E-state index < -0.39 is 0 Å². The van der Waals surface area contributed by atoms with Crippen LogP contribution in [-0.2, 0) is 19.6 Å². The topological polar surface area (TPSA) is 69.2 Å². The summed E-state index contributed by atoms with van der Waals surface area (Å²) in [5, 5.41) is 4.08. The average molecular weight is 353 g/mol. The normalized spacial score (nSPS) is 17.7. The van der Waals surface area contributed by atoms with Gasteiger partial charge in [0.1, 0.15) is 5.76 Å². The molecule has 3 aromatic rings. The first kappa shape index (κ1) is 16.8. The van der Waals surface area contributed by atoms with Crippen molar-refractivity contribution in [2.24, 2.45) is 5.92 Å². The summed E-state index contributed by atoms with van der Waals surface area (Å²) in [7, 11) is 0. The van der Waals surface area contributed by atoms with Crippen LogP contribution in [-0.4, -0.2) is 37.7 Å². The summed E-state index contributed by atoms with van der Waals surface area (Å²) in [4.78, 5) is 11.0. The number of rotatable bonds is 5. The van der Waals surface area contributed by atoms with Gasteiger partial charge in [0.05, 0.1) is 24.3 Å². The van der Waals surface area contributed by atoms with Crippen LogP contribution < -0.4 is 4.74 Å². The lowest BCUT2D eigenvalue weighted by Gasteiger charge is -2.23. The Morgan fingerprint density at radius 1 is 1.27 bits per heavy atom. The third-order valence-electron chi connectivity index (χ3n) is 4.82. The zero-order valence-electron chi connectivity index (χ0n) is 15.1. The number of aromatic nitrogens is 4. The van der Waals surface area contributed by atoms with Crippen molar-refractivity contribution in [1.29, 1.82) is 0 Å². The molecule has 136 valence electrons. The molecule has 0 saturated carbocycles. The molecule has 0 N–H and O–H groups in total. The Balaban J connectivity index is 1.50. The molecule has 0 aliphatic carbocycles. The summed E-state index contributed by atoms with van der Waals surface area (Å²) >= 11 is 0. The maximum Gasteiger partial charge on any atom is 0.213 e. The molecule has 0 saturated heterocycles. The molecule has 7 heteroatoms. The minimum atomic E-state index is 0.341. The van der Waals surface area contributed by atoms with Crippen molar-refractivity contribution in [3.63, 3.8) is 0 Å². The summed E-state index contributed by atoms with van der Waals surface area (Å²) in [6, 6.07) is 5.72. The van der Waals surface area contributed by atoms with Crippen LogP contribution in [0.2, 0.25) is 0 Å². The molecule has 4 heterocycles. The first-order chi connectivity index (χ1) is 12.7. The summed E-state index contributed by atoms with van der Waals surface area (Å²) in [5.41, 5.74) is 3.35. The van der Waals surface area contributed by atoms with Gasteiger partial charge >= 0.3 is 0 Å². The standard InChI is InChI=1S/C19H23N5O2/c1-14-18(15(2)26-22-14)11-23-8-16(9-24-13-20-7-17(24)10-23)12-25-19-5-3-4-6-21-19/h3-7,13,16H,8-12H2,1-2H3/t16-/m0/s1. The average Bonchev–Trinajstić information content (AvgIpc) is 3.16. The van der Waals surface area contributed by atoms with E-state index in [-0.39, 0.29) is 0 Å². The maximum absolute atomic E-state index is 5.92. The number of aryl methyl sites for hydroxylation is 2. The second-order valence-electron chi connectivity index (χ2n) is 6.85. The molecule has 3 aromatic heterocycles. The van der Waals surface area contributed by atoms with Crippen molar-refractivity contribution in [3.8, 4) is 5.88 Å². The van der Waals surface area contributed by atoms with Crippen LogP contribution in [0.25, 0.3) is 0 Å². The molecule has 0 fully saturated rings. The Bertz CT molecular complexity index is 838. The highest BCUT2D eigenvalue weighted by Gasteiger charge is 2.24. The van der Waals surface area contributed by atoms with Crippen LogP contribution in [0.3, 0.4) is 0 Å². The third kappa shape index (κ3) is 3.62. The first-order valence-corrected chi connectivity index (χ1v) is 8.86. The van der Waals surface area contributed by atoms with Gasteiger partial charge in [-0.1, -0.05) is 11.2 Å². The van der Waals surface area contributed by atoms with E-state index >= 15 is 0 Å². The van der Waals surface area contributed by atoms with E-state index in [9.17, 15) is 0 Å². The lowest BCUT2D eigenvalue weighted by atomic mass is 10.1. The van der Waals surface area contributed by atoms with Crippen molar-refractivity contribution in [3.05, 3.63) is 59.6 Å². The Labute approximate surface area is 152 Å². The summed E-state index contributed by atoms with van der Waals surface area (Å²) in [6.45, 7) is 8.07. The van der Waals surface area contributed by atoms with Crippen molar-refractivity contribution in [1.82, 2.24) is 24.6 Å². The predicted octanol–water partition coefficient (Wildman–Crippen LogP) is 2.59. The summed E-state index contributed by atoms with van der Waals surface area (Å²) in [5.74, 6) is 1.90. The number of fused-ring (bicyclic) bond motifs is 1. The molecule has 1 aliphatic heterocycles. The van der Waals surface area contributed by atoms with E-state index in [0.29, 0.717) is 18.4 Å². The van der Waals surface area contributed by atoms with Gasteiger partial charge in [-0.15, -0.1) is 0 Å². The van der Waals surface area contributed by atoms with E-state index in [1.165, 1.54) is 11.3 Å². The molecule has 7 nitrogen and oxygen atoms in total. The van der Waals surface area contributed by atoms with Crippen molar-refractivity contribution in [2.45, 2.75) is 33.5 Å². The van der Waals surface area contributed by atoms with E-state index in [4.69, 9.17) is 9.26 Å². The number of pyridine rings is 1. The number of nitrogens with zero attached hydrogens (tertiary/aromatic N) is 5. The molecule has 0 unspecified atom stereocenters. The number of imidazole rings is 1. The van der Waals surface area contributed by atoms with Crippen molar-refractivity contribution >= 4 is 0 Å². The van der Waals surface area contributed by atoms with Crippen LogP contribution in [0.5, 0.6) is 5.88 Å². The fourth-order valence-corrected chi connectivity index (χ4v) is 3.45. The lowest BCUT2D eigenvalue weighted by molar-refractivity contribution is 0.164. The smallest absolute Gasteiger partial charge is 0.213 e.